The largest absolute Gasteiger partial charge is 0.362 e. The number of Topliss-reactive ketones (excluding diaryl/α,β-unsaturated/α-hetero) is 1. The molecule has 0 aromatic heterocycles. The molecule has 0 saturated carbocycles. The van der Waals surface area contributed by atoms with Crippen molar-refractivity contribution in [3.63, 3.8) is 0 Å². The highest BCUT2D eigenvalue weighted by atomic mass is 16.2. The van der Waals surface area contributed by atoms with Crippen LogP contribution < -0.4 is 10.2 Å². The third-order valence-corrected chi connectivity index (χ3v) is 3.42. The van der Waals surface area contributed by atoms with Crippen LogP contribution in [0.4, 0.5) is 10.5 Å². The Bertz CT molecular complexity index is 540. The molecule has 1 aromatic rings. The predicted molar refractivity (Wildman–Crippen MR) is 79.0 cm³/mol. The van der Waals surface area contributed by atoms with Gasteiger partial charge in [0.1, 0.15) is 5.78 Å². The Hall–Kier alpha value is -2.04. The van der Waals surface area contributed by atoms with Gasteiger partial charge in [-0.25, -0.2) is 4.79 Å². The normalized spacial score (nSPS) is 16.8. The van der Waals surface area contributed by atoms with Crippen LogP contribution in [-0.2, 0) is 4.79 Å². The first kappa shape index (κ1) is 14.4. The summed E-state index contributed by atoms with van der Waals surface area (Å²) >= 11 is 0. The Morgan fingerprint density at radius 2 is 2.10 bits per heavy atom. The molecule has 20 heavy (non-hydrogen) atoms. The quantitative estimate of drug-likeness (QED) is 0.913. The standard InChI is InChI=1S/C15H21N3O2/c1-10-5-6-14-12(7-10)13(16-15(20)17(3)4)9-18(14)8-11(2)19/h5-7,13H,8-9H2,1-4H3,(H,16,20). The minimum Gasteiger partial charge on any atom is -0.362 e. The van der Waals surface area contributed by atoms with E-state index in [0.717, 1.165) is 16.8 Å². The van der Waals surface area contributed by atoms with Gasteiger partial charge in [-0.1, -0.05) is 17.7 Å². The van der Waals surface area contributed by atoms with E-state index in [1.54, 1.807) is 21.0 Å². The van der Waals surface area contributed by atoms with Crippen LogP contribution in [0.15, 0.2) is 18.2 Å². The summed E-state index contributed by atoms with van der Waals surface area (Å²) in [5.41, 5.74) is 3.27. The van der Waals surface area contributed by atoms with Crippen molar-refractivity contribution in [2.75, 3.05) is 32.1 Å². The number of hydrogen-bond acceptors (Lipinski definition) is 3. The van der Waals surface area contributed by atoms with Crippen molar-refractivity contribution < 1.29 is 9.59 Å². The summed E-state index contributed by atoms with van der Waals surface area (Å²) < 4.78 is 0. The van der Waals surface area contributed by atoms with E-state index in [-0.39, 0.29) is 17.9 Å². The second kappa shape index (κ2) is 5.53. The van der Waals surface area contributed by atoms with Gasteiger partial charge in [0.15, 0.2) is 0 Å². The topological polar surface area (TPSA) is 52.7 Å². The second-order valence-corrected chi connectivity index (χ2v) is 5.54. The maximum atomic E-state index is 11.9. The first-order valence-corrected chi connectivity index (χ1v) is 6.71. The Balaban J connectivity index is 2.26. The molecular formula is C15H21N3O2. The molecule has 2 rings (SSSR count). The average molecular weight is 275 g/mol. The van der Waals surface area contributed by atoms with Gasteiger partial charge in [0, 0.05) is 26.3 Å². The number of carbonyl (C=O) groups excluding carboxylic acids is 2. The molecule has 0 radical (unpaired) electrons. The third-order valence-electron chi connectivity index (χ3n) is 3.42. The molecule has 0 spiro atoms. The minimum absolute atomic E-state index is 0.0702. The third kappa shape index (κ3) is 2.92. The molecule has 1 atom stereocenters. The number of nitrogens with one attached hydrogen (secondary N) is 1. The van der Waals surface area contributed by atoms with Crippen molar-refractivity contribution in [3.05, 3.63) is 29.3 Å². The molecule has 1 unspecified atom stereocenters. The fourth-order valence-electron chi connectivity index (χ4n) is 2.48. The maximum absolute atomic E-state index is 11.9. The van der Waals surface area contributed by atoms with E-state index >= 15 is 0 Å². The summed E-state index contributed by atoms with van der Waals surface area (Å²) in [7, 11) is 3.43. The maximum Gasteiger partial charge on any atom is 0.317 e. The van der Waals surface area contributed by atoms with Crippen LogP contribution in [0, 0.1) is 6.92 Å². The summed E-state index contributed by atoms with van der Waals surface area (Å²) in [6.07, 6.45) is 0. The lowest BCUT2D eigenvalue weighted by molar-refractivity contribution is -0.115. The van der Waals surface area contributed by atoms with Gasteiger partial charge < -0.3 is 15.1 Å². The highest BCUT2D eigenvalue weighted by molar-refractivity contribution is 5.83. The lowest BCUT2D eigenvalue weighted by Crippen LogP contribution is -2.39. The van der Waals surface area contributed by atoms with E-state index in [0.29, 0.717) is 13.1 Å². The monoisotopic (exact) mass is 275 g/mol. The van der Waals surface area contributed by atoms with E-state index in [1.807, 2.05) is 24.0 Å². The Morgan fingerprint density at radius 1 is 1.40 bits per heavy atom. The molecule has 108 valence electrons. The molecule has 1 N–H and O–H groups in total. The van der Waals surface area contributed by atoms with Crippen molar-refractivity contribution >= 4 is 17.5 Å². The number of aryl methyl sites for hydroxylation is 1. The smallest absolute Gasteiger partial charge is 0.317 e. The van der Waals surface area contributed by atoms with E-state index in [4.69, 9.17) is 0 Å². The van der Waals surface area contributed by atoms with Crippen molar-refractivity contribution in [1.82, 2.24) is 10.2 Å². The van der Waals surface area contributed by atoms with Crippen molar-refractivity contribution in [2.45, 2.75) is 19.9 Å². The summed E-state index contributed by atoms with van der Waals surface area (Å²) in [5.74, 6) is 0.121. The number of urea groups is 1. The zero-order valence-corrected chi connectivity index (χ0v) is 12.4. The number of amides is 2. The summed E-state index contributed by atoms with van der Waals surface area (Å²) in [6.45, 7) is 4.63. The summed E-state index contributed by atoms with van der Waals surface area (Å²) in [6, 6.07) is 5.94. The van der Waals surface area contributed by atoms with Gasteiger partial charge in [0.2, 0.25) is 0 Å². The van der Waals surface area contributed by atoms with Crippen molar-refractivity contribution in [3.8, 4) is 0 Å². The van der Waals surface area contributed by atoms with E-state index < -0.39 is 0 Å². The van der Waals surface area contributed by atoms with Crippen molar-refractivity contribution in [1.29, 1.82) is 0 Å². The van der Waals surface area contributed by atoms with Crippen LogP contribution in [-0.4, -0.2) is 43.9 Å². The van der Waals surface area contributed by atoms with Gasteiger partial charge in [0.25, 0.3) is 0 Å². The molecule has 2 amide bonds. The van der Waals surface area contributed by atoms with Gasteiger partial charge >= 0.3 is 6.03 Å². The fourth-order valence-corrected chi connectivity index (χ4v) is 2.48. The minimum atomic E-state index is -0.118. The zero-order valence-electron chi connectivity index (χ0n) is 12.4. The molecule has 0 bridgehead atoms. The number of fused-ring (bicyclic) bond motifs is 1. The number of benzene rings is 1. The SMILES string of the molecule is CC(=O)CN1CC(NC(=O)N(C)C)c2cc(C)ccc21. The lowest BCUT2D eigenvalue weighted by Gasteiger charge is -2.19. The lowest BCUT2D eigenvalue weighted by atomic mass is 10.1. The highest BCUT2D eigenvalue weighted by Gasteiger charge is 2.30. The van der Waals surface area contributed by atoms with Crippen LogP contribution in [0.3, 0.4) is 0 Å². The number of anilines is 1. The van der Waals surface area contributed by atoms with Crippen LogP contribution in [0.5, 0.6) is 0 Å². The van der Waals surface area contributed by atoms with Crippen LogP contribution in [0.1, 0.15) is 24.1 Å². The number of ketones is 1. The van der Waals surface area contributed by atoms with Crippen LogP contribution in [0.25, 0.3) is 0 Å². The van der Waals surface area contributed by atoms with Gasteiger partial charge in [-0.15, -0.1) is 0 Å². The number of carbonyl (C=O) groups is 2. The number of rotatable bonds is 3. The van der Waals surface area contributed by atoms with Crippen LogP contribution >= 0.6 is 0 Å². The average Bonchev–Trinajstić information content (AvgIpc) is 2.66. The molecule has 5 nitrogen and oxygen atoms in total. The van der Waals surface area contributed by atoms with E-state index in [1.165, 1.54) is 4.90 Å². The molecule has 1 heterocycles. The Morgan fingerprint density at radius 3 is 2.70 bits per heavy atom. The highest BCUT2D eigenvalue weighted by Crippen LogP contribution is 2.35. The van der Waals surface area contributed by atoms with E-state index in [9.17, 15) is 9.59 Å². The molecule has 1 aliphatic rings. The Labute approximate surface area is 119 Å². The summed E-state index contributed by atoms with van der Waals surface area (Å²) in [4.78, 5) is 26.8. The van der Waals surface area contributed by atoms with Gasteiger partial charge in [-0.05, 0) is 25.5 Å². The fraction of sp³-hybridized carbons (Fsp3) is 0.467. The number of nitrogens with zero attached hydrogens (tertiary/aromatic N) is 2. The molecule has 1 aromatic carbocycles. The molecule has 5 heteroatoms. The zero-order chi connectivity index (χ0) is 14.9. The summed E-state index contributed by atoms with van der Waals surface area (Å²) in [5, 5.41) is 3.00. The number of hydrogen-bond donors (Lipinski definition) is 1. The Kier molecular flexibility index (Phi) is 3.97. The predicted octanol–water partition coefficient (Wildman–Crippen LogP) is 1.72. The van der Waals surface area contributed by atoms with Crippen molar-refractivity contribution in [2.24, 2.45) is 0 Å². The molecule has 0 aliphatic carbocycles. The molecule has 0 saturated heterocycles. The molecule has 0 fully saturated rings. The molecule has 1 aliphatic heterocycles. The van der Waals surface area contributed by atoms with Gasteiger partial charge in [-0.3, -0.25) is 4.79 Å². The second-order valence-electron chi connectivity index (χ2n) is 5.54. The van der Waals surface area contributed by atoms with Gasteiger partial charge in [0.05, 0.1) is 12.6 Å². The van der Waals surface area contributed by atoms with E-state index in [2.05, 4.69) is 11.4 Å². The van der Waals surface area contributed by atoms with Gasteiger partial charge in [-0.2, -0.15) is 0 Å². The molecular weight excluding hydrogens is 254 g/mol. The van der Waals surface area contributed by atoms with Crippen LogP contribution in [0.2, 0.25) is 0 Å². The first-order valence-electron chi connectivity index (χ1n) is 6.71. The first-order chi connectivity index (χ1) is 9.38.